The van der Waals surface area contributed by atoms with Gasteiger partial charge in [0.15, 0.2) is 0 Å². The second-order valence-electron chi connectivity index (χ2n) is 9.35. The van der Waals surface area contributed by atoms with Crippen LogP contribution in [0, 0.1) is 13.8 Å². The number of hydrogen-bond acceptors (Lipinski definition) is 6. The number of carbonyl (C=O) groups is 2. The maximum absolute atomic E-state index is 13.4. The fourth-order valence-corrected chi connectivity index (χ4v) is 4.63. The van der Waals surface area contributed by atoms with E-state index in [0.29, 0.717) is 28.8 Å². The SMILES string of the molecule is C=CC(=O)Nc1cc(-c2ccc(N3CCNCC3)nc2)cc(C(=O)NCc2c(CC)cc(C)[nH]c2=O)c1C. The molecule has 1 aliphatic heterocycles. The zero-order chi connectivity index (χ0) is 27.2. The van der Waals surface area contributed by atoms with Crippen molar-refractivity contribution in [3.63, 3.8) is 0 Å². The number of nitrogens with zero attached hydrogens (tertiary/aromatic N) is 2. The van der Waals surface area contributed by atoms with Gasteiger partial charge < -0.3 is 25.8 Å². The van der Waals surface area contributed by atoms with Crippen LogP contribution in [0.4, 0.5) is 11.5 Å². The molecule has 0 radical (unpaired) electrons. The Labute approximate surface area is 222 Å². The van der Waals surface area contributed by atoms with Crippen LogP contribution in [-0.4, -0.2) is 48.0 Å². The van der Waals surface area contributed by atoms with E-state index in [-0.39, 0.29) is 23.9 Å². The van der Waals surface area contributed by atoms with E-state index in [9.17, 15) is 14.4 Å². The predicted octanol–water partition coefficient (Wildman–Crippen LogP) is 3.08. The molecule has 38 heavy (non-hydrogen) atoms. The van der Waals surface area contributed by atoms with Crippen molar-refractivity contribution in [3.05, 3.63) is 87.5 Å². The Morgan fingerprint density at radius 3 is 2.55 bits per heavy atom. The summed E-state index contributed by atoms with van der Waals surface area (Å²) in [4.78, 5) is 47.7. The van der Waals surface area contributed by atoms with Crippen LogP contribution in [0.1, 0.15) is 39.7 Å². The minimum Gasteiger partial charge on any atom is -0.354 e. The lowest BCUT2D eigenvalue weighted by Crippen LogP contribution is -2.43. The van der Waals surface area contributed by atoms with Crippen molar-refractivity contribution in [2.75, 3.05) is 36.4 Å². The van der Waals surface area contributed by atoms with Gasteiger partial charge in [-0.1, -0.05) is 13.5 Å². The van der Waals surface area contributed by atoms with E-state index in [1.54, 1.807) is 19.2 Å². The van der Waals surface area contributed by atoms with Crippen molar-refractivity contribution >= 4 is 23.3 Å². The fraction of sp³-hybridized carbons (Fsp3) is 0.310. The summed E-state index contributed by atoms with van der Waals surface area (Å²) in [6.07, 6.45) is 3.65. The van der Waals surface area contributed by atoms with Crippen LogP contribution in [0.5, 0.6) is 0 Å². The topological polar surface area (TPSA) is 119 Å². The molecule has 0 saturated carbocycles. The van der Waals surface area contributed by atoms with Crippen molar-refractivity contribution in [1.82, 2.24) is 20.6 Å². The minimum absolute atomic E-state index is 0.0938. The van der Waals surface area contributed by atoms with E-state index in [2.05, 4.69) is 37.4 Å². The highest BCUT2D eigenvalue weighted by atomic mass is 16.2. The molecular weight excluding hydrogens is 480 g/mol. The maximum atomic E-state index is 13.4. The number of pyridine rings is 2. The molecule has 0 bridgehead atoms. The number of nitrogens with one attached hydrogen (secondary N) is 4. The van der Waals surface area contributed by atoms with Gasteiger partial charge in [0.05, 0.1) is 0 Å². The molecule has 0 spiro atoms. The van der Waals surface area contributed by atoms with Gasteiger partial charge in [-0.3, -0.25) is 14.4 Å². The normalized spacial score (nSPS) is 13.2. The number of hydrogen-bond donors (Lipinski definition) is 4. The first-order chi connectivity index (χ1) is 18.3. The molecule has 9 nitrogen and oxygen atoms in total. The molecule has 1 fully saturated rings. The zero-order valence-electron chi connectivity index (χ0n) is 22.1. The molecule has 9 heteroatoms. The van der Waals surface area contributed by atoms with E-state index in [1.807, 2.05) is 38.1 Å². The number of aromatic nitrogens is 2. The van der Waals surface area contributed by atoms with Gasteiger partial charge in [-0.15, -0.1) is 0 Å². The summed E-state index contributed by atoms with van der Waals surface area (Å²) >= 11 is 0. The van der Waals surface area contributed by atoms with Crippen LogP contribution in [0.25, 0.3) is 11.1 Å². The van der Waals surface area contributed by atoms with Gasteiger partial charge in [0, 0.05) is 67.0 Å². The average Bonchev–Trinajstić information content (AvgIpc) is 2.93. The fourth-order valence-electron chi connectivity index (χ4n) is 4.63. The molecule has 4 N–H and O–H groups in total. The molecule has 1 aromatic carbocycles. The Morgan fingerprint density at radius 1 is 1.13 bits per heavy atom. The first-order valence-electron chi connectivity index (χ1n) is 12.8. The van der Waals surface area contributed by atoms with Crippen LogP contribution < -0.4 is 26.4 Å². The van der Waals surface area contributed by atoms with Gasteiger partial charge in [-0.25, -0.2) is 4.98 Å². The van der Waals surface area contributed by atoms with Gasteiger partial charge in [0.25, 0.3) is 11.5 Å². The summed E-state index contributed by atoms with van der Waals surface area (Å²) in [6, 6.07) is 9.48. The first-order valence-corrected chi connectivity index (χ1v) is 12.8. The highest BCUT2D eigenvalue weighted by molar-refractivity contribution is 6.03. The molecule has 0 atom stereocenters. The lowest BCUT2D eigenvalue weighted by atomic mass is 9.97. The largest absolute Gasteiger partial charge is 0.354 e. The van der Waals surface area contributed by atoms with Crippen LogP contribution in [0.15, 0.2) is 54.0 Å². The molecule has 3 heterocycles. The summed E-state index contributed by atoms with van der Waals surface area (Å²) in [5.74, 6) is 0.184. The average molecular weight is 515 g/mol. The van der Waals surface area contributed by atoms with Crippen molar-refractivity contribution < 1.29 is 9.59 Å². The molecule has 0 aliphatic carbocycles. The molecular formula is C29H34N6O3. The molecule has 4 rings (SSSR count). The Balaban J connectivity index is 1.65. The number of carbonyl (C=O) groups excluding carboxylic acids is 2. The van der Waals surface area contributed by atoms with Crippen molar-refractivity contribution in [1.29, 1.82) is 0 Å². The quantitative estimate of drug-likeness (QED) is 0.343. The maximum Gasteiger partial charge on any atom is 0.253 e. The number of benzene rings is 1. The summed E-state index contributed by atoms with van der Waals surface area (Å²) in [7, 11) is 0. The van der Waals surface area contributed by atoms with E-state index in [4.69, 9.17) is 0 Å². The molecule has 1 aliphatic rings. The monoisotopic (exact) mass is 514 g/mol. The summed E-state index contributed by atoms with van der Waals surface area (Å²) < 4.78 is 0. The number of aryl methyl sites for hydroxylation is 2. The second-order valence-corrected chi connectivity index (χ2v) is 9.35. The molecule has 2 amide bonds. The Morgan fingerprint density at radius 2 is 1.89 bits per heavy atom. The molecule has 2 aromatic heterocycles. The number of anilines is 2. The number of aromatic amines is 1. The molecule has 1 saturated heterocycles. The number of piperazine rings is 1. The van der Waals surface area contributed by atoms with Gasteiger partial charge in [0.1, 0.15) is 5.82 Å². The Bertz CT molecular complexity index is 1410. The highest BCUT2D eigenvalue weighted by Crippen LogP contribution is 2.29. The van der Waals surface area contributed by atoms with Crippen LogP contribution >= 0.6 is 0 Å². The Hall–Kier alpha value is -4.24. The molecule has 3 aromatic rings. The van der Waals surface area contributed by atoms with Crippen molar-refractivity contribution in [3.8, 4) is 11.1 Å². The second kappa shape index (κ2) is 11.9. The third-order valence-corrected chi connectivity index (χ3v) is 6.79. The summed E-state index contributed by atoms with van der Waals surface area (Å²) in [6.45, 7) is 12.8. The van der Waals surface area contributed by atoms with E-state index < -0.39 is 0 Å². The minimum atomic E-state index is -0.373. The van der Waals surface area contributed by atoms with Gasteiger partial charge in [0.2, 0.25) is 5.91 Å². The van der Waals surface area contributed by atoms with Crippen LogP contribution in [0.2, 0.25) is 0 Å². The van der Waals surface area contributed by atoms with Crippen molar-refractivity contribution in [2.24, 2.45) is 0 Å². The first kappa shape index (κ1) is 26.8. The number of amides is 2. The van der Waals surface area contributed by atoms with E-state index >= 15 is 0 Å². The van der Waals surface area contributed by atoms with Gasteiger partial charge in [-0.2, -0.15) is 0 Å². The van der Waals surface area contributed by atoms with Crippen LogP contribution in [0.3, 0.4) is 0 Å². The zero-order valence-corrected chi connectivity index (χ0v) is 22.1. The summed E-state index contributed by atoms with van der Waals surface area (Å²) in [5.41, 5.74) is 5.07. The third-order valence-electron chi connectivity index (χ3n) is 6.79. The lowest BCUT2D eigenvalue weighted by Gasteiger charge is -2.28. The van der Waals surface area contributed by atoms with E-state index in [0.717, 1.165) is 54.4 Å². The van der Waals surface area contributed by atoms with Gasteiger partial charge >= 0.3 is 0 Å². The number of H-pyrrole nitrogens is 1. The molecule has 198 valence electrons. The lowest BCUT2D eigenvalue weighted by molar-refractivity contribution is -0.111. The third kappa shape index (κ3) is 6.00. The molecule has 0 unspecified atom stereocenters. The summed E-state index contributed by atoms with van der Waals surface area (Å²) in [5, 5.41) is 9.04. The van der Waals surface area contributed by atoms with E-state index in [1.165, 1.54) is 6.08 Å². The smallest absolute Gasteiger partial charge is 0.253 e. The van der Waals surface area contributed by atoms with Crippen LogP contribution in [-0.2, 0) is 17.8 Å². The standard InChI is InChI=1S/C29H34N6O3/c1-5-20-13-18(3)33-29(38)24(20)17-32-28(37)23-14-22(15-25(19(23)4)34-27(36)6-2)21-7-8-26(31-16-21)35-11-9-30-10-12-35/h6-8,13-16,30H,2,5,9-12,17H2,1,3-4H3,(H,32,37)(H,33,38)(H,34,36). The predicted molar refractivity (Wildman–Crippen MR) is 151 cm³/mol. The Kier molecular flexibility index (Phi) is 8.38. The van der Waals surface area contributed by atoms with Crippen molar-refractivity contribution in [2.45, 2.75) is 33.7 Å². The van der Waals surface area contributed by atoms with Gasteiger partial charge in [-0.05, 0) is 73.4 Å². The number of rotatable bonds is 8. The highest BCUT2D eigenvalue weighted by Gasteiger charge is 2.18.